The molecule has 0 aromatic carbocycles. The van der Waals surface area contributed by atoms with Crippen LogP contribution in [0.25, 0.3) is 11.5 Å². The Morgan fingerprint density at radius 2 is 1.64 bits per heavy atom. The number of pyridine rings is 1. The summed E-state index contributed by atoms with van der Waals surface area (Å²) in [5.74, 6) is 1.24. The van der Waals surface area contributed by atoms with Crippen molar-refractivity contribution >= 4 is 11.8 Å². The summed E-state index contributed by atoms with van der Waals surface area (Å²) >= 11 is 0. The molecule has 0 aliphatic rings. The molecule has 0 aliphatic heterocycles. The minimum atomic E-state index is -0.658. The number of hydrogen-bond acceptors (Lipinski definition) is 6. The van der Waals surface area contributed by atoms with E-state index in [0.717, 1.165) is 18.5 Å². The van der Waals surface area contributed by atoms with Gasteiger partial charge in [0.1, 0.15) is 5.69 Å². The summed E-state index contributed by atoms with van der Waals surface area (Å²) in [6.07, 6.45) is 16.3. The summed E-state index contributed by atoms with van der Waals surface area (Å²) in [5, 5.41) is 11.7. The van der Waals surface area contributed by atoms with Crippen LogP contribution in [0.2, 0.25) is 0 Å². The fourth-order valence-electron chi connectivity index (χ4n) is 3.28. The van der Waals surface area contributed by atoms with Crippen LogP contribution in [0.4, 0.5) is 5.82 Å². The van der Waals surface area contributed by atoms with E-state index in [1.807, 2.05) is 32.0 Å². The van der Waals surface area contributed by atoms with Crippen LogP contribution in [0, 0.1) is 0 Å². The highest BCUT2D eigenvalue weighted by Gasteiger charge is 2.10. The molecule has 0 amide bonds. The largest absolute Gasteiger partial charge is 0.491 e. The third kappa shape index (κ3) is 13.4. The molecule has 184 valence electrons. The van der Waals surface area contributed by atoms with E-state index in [2.05, 4.69) is 27.2 Å². The Morgan fingerprint density at radius 3 is 2.15 bits per heavy atom. The number of unbranched alkanes of at least 4 members (excludes halogenated alkanes) is 9. The first-order valence-electron chi connectivity index (χ1n) is 12.3. The Morgan fingerprint density at radius 1 is 1.00 bits per heavy atom. The van der Waals surface area contributed by atoms with Gasteiger partial charge in [-0.2, -0.15) is 0 Å². The van der Waals surface area contributed by atoms with Gasteiger partial charge in [0.2, 0.25) is 0 Å². The molecule has 2 aromatic rings. The number of rotatable bonds is 15. The van der Waals surface area contributed by atoms with Crippen molar-refractivity contribution in [2.45, 2.75) is 97.4 Å². The van der Waals surface area contributed by atoms with Crippen molar-refractivity contribution in [1.29, 1.82) is 0 Å². The van der Waals surface area contributed by atoms with Gasteiger partial charge >= 0.3 is 5.97 Å². The van der Waals surface area contributed by atoms with Gasteiger partial charge in [-0.15, -0.1) is 0 Å². The molecule has 7 nitrogen and oxygen atoms in total. The fourth-order valence-corrected chi connectivity index (χ4v) is 3.28. The standard InChI is InChI=1S/C13H16N4O.C13H26O2/c1-9(2)16-13-11(18-3)8-15-12(17-13)10-6-4-5-7-14-10;1-2-3-4-5-6-7-8-9-10-11-12-13(14)15/h4-9H,1-3H3,(H,15,16,17);2-12H2,1H3,(H,14,15). The summed E-state index contributed by atoms with van der Waals surface area (Å²) < 4.78 is 5.23. The van der Waals surface area contributed by atoms with Crippen molar-refractivity contribution < 1.29 is 14.6 Å². The van der Waals surface area contributed by atoms with Crippen LogP contribution < -0.4 is 10.1 Å². The number of aromatic nitrogens is 3. The highest BCUT2D eigenvalue weighted by molar-refractivity contribution is 5.66. The number of hydrogen-bond donors (Lipinski definition) is 2. The minimum Gasteiger partial charge on any atom is -0.491 e. The second kappa shape index (κ2) is 17.8. The molecule has 0 atom stereocenters. The Balaban J connectivity index is 0.000000337. The van der Waals surface area contributed by atoms with Crippen molar-refractivity contribution in [3.8, 4) is 17.3 Å². The van der Waals surface area contributed by atoms with Gasteiger partial charge in [0.05, 0.1) is 13.3 Å². The average Bonchev–Trinajstić information content (AvgIpc) is 2.81. The number of carboxylic acid groups (broad SMARTS) is 1. The Hall–Kier alpha value is -2.70. The zero-order chi connectivity index (χ0) is 24.3. The molecule has 0 saturated carbocycles. The molecule has 2 N–H and O–H groups in total. The van der Waals surface area contributed by atoms with E-state index < -0.39 is 5.97 Å². The summed E-state index contributed by atoms with van der Waals surface area (Å²) in [6.45, 7) is 6.33. The van der Waals surface area contributed by atoms with E-state index in [4.69, 9.17) is 9.84 Å². The maximum atomic E-state index is 10.2. The van der Waals surface area contributed by atoms with Gasteiger partial charge in [-0.1, -0.05) is 70.8 Å². The van der Waals surface area contributed by atoms with Crippen LogP contribution in [-0.2, 0) is 4.79 Å². The van der Waals surface area contributed by atoms with Crippen LogP contribution >= 0.6 is 0 Å². The first kappa shape index (κ1) is 28.3. The number of nitrogens with zero attached hydrogens (tertiary/aromatic N) is 3. The van der Waals surface area contributed by atoms with Crippen LogP contribution in [0.15, 0.2) is 30.6 Å². The smallest absolute Gasteiger partial charge is 0.303 e. The SMILES string of the molecule is CCCCCCCCCCCCC(=O)O.COc1cnc(-c2ccccn2)nc1NC(C)C. The molecule has 0 bridgehead atoms. The molecule has 2 heterocycles. The van der Waals surface area contributed by atoms with Crippen LogP contribution in [0.5, 0.6) is 5.75 Å². The molecular formula is C26H42N4O3. The number of ether oxygens (including phenoxy) is 1. The van der Waals surface area contributed by atoms with Crippen LogP contribution in [0.1, 0.15) is 91.4 Å². The average molecular weight is 459 g/mol. The van der Waals surface area contributed by atoms with Crippen molar-refractivity contribution in [3.63, 3.8) is 0 Å². The molecule has 0 aliphatic carbocycles. The number of anilines is 1. The molecule has 0 saturated heterocycles. The Bertz CT molecular complexity index is 769. The maximum Gasteiger partial charge on any atom is 0.303 e. The Labute approximate surface area is 199 Å². The van der Waals surface area contributed by atoms with Gasteiger partial charge in [-0.25, -0.2) is 9.97 Å². The third-order valence-corrected chi connectivity index (χ3v) is 5.04. The van der Waals surface area contributed by atoms with E-state index >= 15 is 0 Å². The fraction of sp³-hybridized carbons (Fsp3) is 0.615. The Kier molecular flexibility index (Phi) is 15.3. The molecule has 2 aromatic heterocycles. The van der Waals surface area contributed by atoms with Crippen molar-refractivity contribution in [3.05, 3.63) is 30.6 Å². The van der Waals surface area contributed by atoms with Crippen molar-refractivity contribution in [2.24, 2.45) is 0 Å². The molecular weight excluding hydrogens is 416 g/mol. The highest BCUT2D eigenvalue weighted by atomic mass is 16.5. The topological polar surface area (TPSA) is 97.2 Å². The normalized spacial score (nSPS) is 10.5. The highest BCUT2D eigenvalue weighted by Crippen LogP contribution is 2.24. The number of aliphatic carboxylic acids is 1. The van der Waals surface area contributed by atoms with Gasteiger partial charge < -0.3 is 15.2 Å². The van der Waals surface area contributed by atoms with Gasteiger partial charge in [-0.05, 0) is 32.4 Å². The zero-order valence-electron chi connectivity index (χ0n) is 20.8. The van der Waals surface area contributed by atoms with Crippen LogP contribution in [0.3, 0.4) is 0 Å². The maximum absolute atomic E-state index is 10.2. The molecule has 0 spiro atoms. The van der Waals surface area contributed by atoms with Crippen molar-refractivity contribution in [2.75, 3.05) is 12.4 Å². The summed E-state index contributed by atoms with van der Waals surface area (Å²) in [6, 6.07) is 5.91. The van der Waals surface area contributed by atoms with Crippen LogP contribution in [-0.4, -0.2) is 39.2 Å². The number of carboxylic acids is 1. The first-order chi connectivity index (χ1) is 16.0. The summed E-state index contributed by atoms with van der Waals surface area (Å²) in [5.41, 5.74) is 0.743. The predicted octanol–water partition coefficient (Wildman–Crippen LogP) is 6.75. The van der Waals surface area contributed by atoms with E-state index in [-0.39, 0.29) is 6.04 Å². The van der Waals surface area contributed by atoms with Gasteiger partial charge in [0, 0.05) is 18.7 Å². The second-order valence-electron chi connectivity index (χ2n) is 8.45. The lowest BCUT2D eigenvalue weighted by Gasteiger charge is -2.13. The molecule has 2 rings (SSSR count). The predicted molar refractivity (Wildman–Crippen MR) is 135 cm³/mol. The van der Waals surface area contributed by atoms with E-state index in [9.17, 15) is 4.79 Å². The molecule has 33 heavy (non-hydrogen) atoms. The lowest BCUT2D eigenvalue weighted by Crippen LogP contribution is -2.13. The summed E-state index contributed by atoms with van der Waals surface area (Å²) in [4.78, 5) is 23.2. The monoisotopic (exact) mass is 458 g/mol. The minimum absolute atomic E-state index is 0.269. The van der Waals surface area contributed by atoms with Crippen molar-refractivity contribution in [1.82, 2.24) is 15.0 Å². The molecule has 0 fully saturated rings. The molecule has 0 unspecified atom stereocenters. The lowest BCUT2D eigenvalue weighted by molar-refractivity contribution is -0.137. The van der Waals surface area contributed by atoms with Gasteiger partial charge in [0.15, 0.2) is 17.4 Å². The summed E-state index contributed by atoms with van der Waals surface area (Å²) in [7, 11) is 1.60. The quantitative estimate of drug-likeness (QED) is 0.285. The van der Waals surface area contributed by atoms with Gasteiger partial charge in [-0.3, -0.25) is 9.78 Å². The van der Waals surface area contributed by atoms with E-state index in [1.165, 1.54) is 51.4 Å². The number of methoxy groups -OCH3 is 1. The van der Waals surface area contributed by atoms with E-state index in [1.54, 1.807) is 19.5 Å². The third-order valence-electron chi connectivity index (χ3n) is 5.04. The molecule has 7 heteroatoms. The second-order valence-corrected chi connectivity index (χ2v) is 8.45. The number of nitrogens with one attached hydrogen (secondary N) is 1. The molecule has 0 radical (unpaired) electrons. The van der Waals surface area contributed by atoms with E-state index in [0.29, 0.717) is 23.8 Å². The van der Waals surface area contributed by atoms with Gasteiger partial charge in [0.25, 0.3) is 0 Å². The number of carbonyl (C=O) groups is 1. The first-order valence-corrected chi connectivity index (χ1v) is 12.3. The zero-order valence-corrected chi connectivity index (χ0v) is 20.8. The lowest BCUT2D eigenvalue weighted by atomic mass is 10.1.